The highest BCUT2D eigenvalue weighted by Crippen LogP contribution is 2.31. The van der Waals surface area contributed by atoms with Gasteiger partial charge in [-0.1, -0.05) is 0 Å². The van der Waals surface area contributed by atoms with E-state index < -0.39 is 58.1 Å². The van der Waals surface area contributed by atoms with Crippen molar-refractivity contribution >= 4 is 8.25 Å². The summed E-state index contributed by atoms with van der Waals surface area (Å²) in [6, 6.07) is 0. The summed E-state index contributed by atoms with van der Waals surface area (Å²) in [5.74, 6) is -2.31. The van der Waals surface area contributed by atoms with E-state index in [1.54, 1.807) is 0 Å². The van der Waals surface area contributed by atoms with Crippen LogP contribution in [0.2, 0.25) is 0 Å². The lowest BCUT2D eigenvalue weighted by molar-refractivity contribution is -0.352. The van der Waals surface area contributed by atoms with Gasteiger partial charge in [-0.3, -0.25) is 0 Å². The molecule has 0 aliphatic carbocycles. The molecule has 1 saturated heterocycles. The Morgan fingerprint density at radius 1 is 1.33 bits per heavy atom. The molecule has 0 bridgehead atoms. The summed E-state index contributed by atoms with van der Waals surface area (Å²) >= 11 is 0. The zero-order valence-electron chi connectivity index (χ0n) is 9.25. The van der Waals surface area contributed by atoms with Crippen molar-refractivity contribution in [3.8, 4) is 0 Å². The number of aliphatic hydroxyl groups is 5. The number of aliphatic hydroxyl groups excluding tert-OH is 4. The zero-order chi connectivity index (χ0) is 13.9. The monoisotopic (exact) mass is 286 g/mol. The van der Waals surface area contributed by atoms with Crippen LogP contribution in [0.3, 0.4) is 0 Å². The molecule has 6 atom stereocenters. The third kappa shape index (κ3) is 3.41. The Kier molecular flexibility index (Phi) is 5.53. The fourth-order valence-electron chi connectivity index (χ4n) is 1.69. The molecular weight excluding hydrogens is 271 g/mol. The van der Waals surface area contributed by atoms with Crippen molar-refractivity contribution in [1.82, 2.24) is 0 Å². The molecule has 0 spiro atoms. The maximum absolute atomic E-state index is 10.2. The number of ether oxygens (including phenoxy) is 1. The topological polar surface area (TPSA) is 160 Å². The first-order chi connectivity index (χ1) is 8.31. The molecule has 1 aliphatic rings. The molecule has 9 nitrogen and oxygen atoms in total. The van der Waals surface area contributed by atoms with E-state index in [0.717, 1.165) is 0 Å². The lowest BCUT2D eigenvalue weighted by atomic mass is 9.91. The van der Waals surface area contributed by atoms with Gasteiger partial charge in [-0.05, 0) is 4.57 Å². The Labute approximate surface area is 103 Å². The van der Waals surface area contributed by atoms with Gasteiger partial charge in [0.2, 0.25) is 0 Å². The van der Waals surface area contributed by atoms with Crippen molar-refractivity contribution < 1.29 is 44.3 Å². The van der Waals surface area contributed by atoms with Crippen molar-refractivity contribution in [2.45, 2.75) is 36.6 Å². The van der Waals surface area contributed by atoms with Crippen LogP contribution in [0.4, 0.5) is 0 Å². The van der Waals surface area contributed by atoms with Gasteiger partial charge in [0, 0.05) is 6.42 Å². The van der Waals surface area contributed by atoms with Crippen LogP contribution in [0.15, 0.2) is 0 Å². The summed E-state index contributed by atoms with van der Waals surface area (Å²) in [7, 11) is -3.11. The first kappa shape index (κ1) is 15.8. The first-order valence-corrected chi connectivity index (χ1v) is 6.24. The molecule has 1 unspecified atom stereocenters. The second-order valence-corrected chi connectivity index (χ2v) is 4.62. The predicted molar refractivity (Wildman–Crippen MR) is 53.1 cm³/mol. The van der Waals surface area contributed by atoms with Crippen molar-refractivity contribution in [2.24, 2.45) is 0 Å². The molecule has 10 heteroatoms. The molecule has 1 rings (SSSR count). The second kappa shape index (κ2) is 6.29. The standard InChI is InChI=1S/C8H15O9P/c9-3-4-5(10)6(11)7(12)8(13,17-4)1-2-16-18(14)15/h4-7,9-13H,1-3H2/t4-,5-,6+,7-,8-/m1/s1. The average molecular weight is 286 g/mol. The van der Waals surface area contributed by atoms with Crippen LogP contribution in [0.5, 0.6) is 0 Å². The molecule has 1 heterocycles. The van der Waals surface area contributed by atoms with Gasteiger partial charge in [-0.15, -0.1) is 4.52 Å². The van der Waals surface area contributed by atoms with Crippen LogP contribution >= 0.6 is 8.25 Å². The quantitative estimate of drug-likeness (QED) is 0.324. The van der Waals surface area contributed by atoms with Crippen molar-refractivity contribution in [1.29, 1.82) is 0 Å². The Balaban J connectivity index is 2.69. The SMILES string of the molecule is O=[P+]([O-])OCC[C@@]1(O)O[C@H](CO)[C@@H](O)[C@H](O)[C@H]1O. The largest absolute Gasteiger partial charge is 0.566 e. The highest BCUT2D eigenvalue weighted by molar-refractivity contribution is 7.30. The van der Waals surface area contributed by atoms with Crippen LogP contribution in [-0.2, 0) is 13.8 Å². The molecule has 5 N–H and O–H groups in total. The van der Waals surface area contributed by atoms with E-state index in [4.69, 9.17) is 9.84 Å². The first-order valence-electron chi connectivity index (χ1n) is 5.14. The number of rotatable bonds is 5. The van der Waals surface area contributed by atoms with Gasteiger partial charge in [0.1, 0.15) is 31.0 Å². The third-order valence-corrected chi connectivity index (χ3v) is 3.10. The Morgan fingerprint density at radius 3 is 2.44 bits per heavy atom. The van der Waals surface area contributed by atoms with Gasteiger partial charge in [0.05, 0.1) is 6.61 Å². The minimum absolute atomic E-state index is 0.461. The molecule has 0 aromatic rings. The molecular formula is C8H15O9P. The molecule has 0 aromatic carbocycles. The molecule has 0 saturated carbocycles. The lowest BCUT2D eigenvalue weighted by Gasteiger charge is -2.45. The molecule has 0 aromatic heterocycles. The fourth-order valence-corrected chi connectivity index (χ4v) is 1.93. The normalized spacial score (nSPS) is 41.8. The van der Waals surface area contributed by atoms with Crippen molar-refractivity contribution in [3.63, 3.8) is 0 Å². The third-order valence-electron chi connectivity index (χ3n) is 2.71. The van der Waals surface area contributed by atoms with E-state index in [0.29, 0.717) is 0 Å². The van der Waals surface area contributed by atoms with Gasteiger partial charge >= 0.3 is 8.25 Å². The van der Waals surface area contributed by atoms with Crippen LogP contribution in [0, 0.1) is 0 Å². The maximum atomic E-state index is 10.2. The van der Waals surface area contributed by atoms with Crippen LogP contribution in [0.1, 0.15) is 6.42 Å². The zero-order valence-corrected chi connectivity index (χ0v) is 10.1. The van der Waals surface area contributed by atoms with Crippen LogP contribution in [0.25, 0.3) is 0 Å². The van der Waals surface area contributed by atoms with E-state index in [9.17, 15) is 29.9 Å². The summed E-state index contributed by atoms with van der Waals surface area (Å²) in [5.41, 5.74) is 0. The summed E-state index contributed by atoms with van der Waals surface area (Å²) in [6.07, 6.45) is -6.92. The number of hydrogen-bond donors (Lipinski definition) is 5. The summed E-state index contributed by atoms with van der Waals surface area (Å²) < 4.78 is 19.2. The molecule has 0 radical (unpaired) electrons. The van der Waals surface area contributed by atoms with Gasteiger partial charge in [0.25, 0.3) is 0 Å². The molecule has 0 amide bonds. The van der Waals surface area contributed by atoms with Gasteiger partial charge in [-0.2, -0.15) is 0 Å². The minimum atomic E-state index is -3.11. The van der Waals surface area contributed by atoms with E-state index in [2.05, 4.69) is 4.52 Å². The van der Waals surface area contributed by atoms with E-state index >= 15 is 0 Å². The second-order valence-electron chi connectivity index (χ2n) is 3.92. The molecule has 106 valence electrons. The fraction of sp³-hybridized carbons (Fsp3) is 1.00. The van der Waals surface area contributed by atoms with E-state index in [1.807, 2.05) is 0 Å². The summed E-state index contributed by atoms with van der Waals surface area (Å²) in [5, 5.41) is 47.3. The van der Waals surface area contributed by atoms with Gasteiger partial charge < -0.3 is 35.2 Å². The Morgan fingerprint density at radius 2 is 1.94 bits per heavy atom. The van der Waals surface area contributed by atoms with E-state index in [1.165, 1.54) is 0 Å². The maximum Gasteiger partial charge on any atom is 0.488 e. The van der Waals surface area contributed by atoms with Gasteiger partial charge in [0.15, 0.2) is 5.79 Å². The highest BCUT2D eigenvalue weighted by atomic mass is 31.1. The van der Waals surface area contributed by atoms with Crippen molar-refractivity contribution in [2.75, 3.05) is 13.2 Å². The average Bonchev–Trinajstić information content (AvgIpc) is 2.31. The van der Waals surface area contributed by atoms with E-state index in [-0.39, 0.29) is 0 Å². The summed E-state index contributed by atoms with van der Waals surface area (Å²) in [4.78, 5) is 10.2. The lowest BCUT2D eigenvalue weighted by Crippen LogP contribution is -2.65. The minimum Gasteiger partial charge on any atom is -0.566 e. The van der Waals surface area contributed by atoms with Crippen LogP contribution < -0.4 is 4.89 Å². The van der Waals surface area contributed by atoms with Gasteiger partial charge in [-0.25, -0.2) is 0 Å². The van der Waals surface area contributed by atoms with Crippen molar-refractivity contribution in [3.05, 3.63) is 0 Å². The predicted octanol–water partition coefficient (Wildman–Crippen LogP) is -3.43. The molecule has 1 fully saturated rings. The van der Waals surface area contributed by atoms with Crippen LogP contribution in [-0.4, -0.2) is 68.9 Å². The summed E-state index contributed by atoms with van der Waals surface area (Å²) in [6.45, 7) is -1.17. The molecule has 1 aliphatic heterocycles. The smallest absolute Gasteiger partial charge is 0.488 e. The number of hydrogen-bond acceptors (Lipinski definition) is 9. The molecule has 18 heavy (non-hydrogen) atoms. The Bertz CT molecular complexity index is 298. The Hall–Kier alpha value is -0.220. The highest BCUT2D eigenvalue weighted by Gasteiger charge is 2.52.